The van der Waals surface area contributed by atoms with Gasteiger partial charge in [-0.2, -0.15) is 13.2 Å². The minimum atomic E-state index is -4.77. The third kappa shape index (κ3) is 4.11. The number of halogens is 4. The predicted molar refractivity (Wildman–Crippen MR) is 120 cm³/mol. The van der Waals surface area contributed by atoms with Crippen LogP contribution in [0.3, 0.4) is 0 Å². The van der Waals surface area contributed by atoms with Crippen LogP contribution in [-0.4, -0.2) is 29.6 Å². The molecule has 0 saturated carbocycles. The molecule has 0 aliphatic rings. The average Bonchev–Trinajstić information content (AvgIpc) is 3.31. The topological polar surface area (TPSA) is 113 Å². The highest BCUT2D eigenvalue weighted by Crippen LogP contribution is 2.33. The highest BCUT2D eigenvalue weighted by atomic mass is 19.4. The van der Waals surface area contributed by atoms with Crippen molar-refractivity contribution in [1.29, 1.82) is 0 Å². The average molecular weight is 484 g/mol. The van der Waals surface area contributed by atoms with Crippen LogP contribution < -0.4 is 16.3 Å². The summed E-state index contributed by atoms with van der Waals surface area (Å²) in [5.74, 6) is -0.0920. The number of nitrogens with zero attached hydrogens (tertiary/aromatic N) is 5. The Labute approximate surface area is 193 Å². The van der Waals surface area contributed by atoms with Gasteiger partial charge in [-0.05, 0) is 43.3 Å². The van der Waals surface area contributed by atoms with E-state index in [1.54, 1.807) is 6.92 Å². The number of aromatic nitrogens is 6. The van der Waals surface area contributed by atoms with E-state index in [0.717, 1.165) is 22.9 Å². The van der Waals surface area contributed by atoms with Crippen molar-refractivity contribution in [2.75, 3.05) is 10.7 Å². The van der Waals surface area contributed by atoms with E-state index in [-0.39, 0.29) is 17.0 Å². The number of anilines is 2. The van der Waals surface area contributed by atoms with Gasteiger partial charge in [-0.15, -0.1) is 0 Å². The zero-order valence-corrected chi connectivity index (χ0v) is 17.9. The van der Waals surface area contributed by atoms with Crippen LogP contribution in [0, 0.1) is 5.82 Å². The maximum absolute atomic E-state index is 13.7. The van der Waals surface area contributed by atoms with Crippen molar-refractivity contribution in [3.05, 3.63) is 82.7 Å². The Hall–Kier alpha value is -4.55. The molecule has 0 radical (unpaired) electrons. The first-order valence-corrected chi connectivity index (χ1v) is 10.3. The molecule has 0 bridgehead atoms. The van der Waals surface area contributed by atoms with Gasteiger partial charge in [0.25, 0.3) is 5.56 Å². The first-order valence-electron chi connectivity index (χ1n) is 10.3. The number of nitrogens with one attached hydrogen (secondary N) is 3. The largest absolute Gasteiger partial charge is 0.417 e. The van der Waals surface area contributed by atoms with Crippen molar-refractivity contribution in [1.82, 2.24) is 29.6 Å². The monoisotopic (exact) mass is 484 g/mol. The highest BCUT2D eigenvalue weighted by molar-refractivity contribution is 5.83. The molecule has 13 heteroatoms. The smallest absolute Gasteiger partial charge is 0.358 e. The lowest BCUT2D eigenvalue weighted by Crippen LogP contribution is -2.34. The summed E-state index contributed by atoms with van der Waals surface area (Å²) >= 11 is 0. The normalized spacial score (nSPS) is 12.7. The summed E-state index contributed by atoms with van der Waals surface area (Å²) in [4.78, 5) is 33.0. The summed E-state index contributed by atoms with van der Waals surface area (Å²) in [7, 11) is 0. The van der Waals surface area contributed by atoms with Crippen molar-refractivity contribution in [3.63, 3.8) is 0 Å². The summed E-state index contributed by atoms with van der Waals surface area (Å²) in [5.41, 5.74) is 1.72. The van der Waals surface area contributed by atoms with Gasteiger partial charge >= 0.3 is 6.18 Å². The maximum atomic E-state index is 13.7. The van der Waals surface area contributed by atoms with E-state index in [1.165, 1.54) is 36.9 Å². The third-order valence-electron chi connectivity index (χ3n) is 5.28. The predicted octanol–water partition coefficient (Wildman–Crippen LogP) is 4.27. The maximum Gasteiger partial charge on any atom is 0.417 e. The SMILES string of the molecule is CC(Nc1ncnc2nc[nH]c12)c1nc2cccc(C(F)(F)F)c2c(=O)n1Nc1ccc(F)cc1. The minimum Gasteiger partial charge on any atom is -0.358 e. The minimum absolute atomic E-state index is 0.0671. The summed E-state index contributed by atoms with van der Waals surface area (Å²) in [6.07, 6.45) is -2.04. The summed E-state index contributed by atoms with van der Waals surface area (Å²) < 4.78 is 55.4. The molecule has 2 aromatic carbocycles. The molecule has 0 spiro atoms. The second-order valence-corrected chi connectivity index (χ2v) is 7.62. The Morgan fingerprint density at radius 1 is 1.06 bits per heavy atom. The Morgan fingerprint density at radius 3 is 2.57 bits per heavy atom. The van der Waals surface area contributed by atoms with E-state index in [1.807, 2.05) is 0 Å². The number of hydrogen-bond acceptors (Lipinski definition) is 7. The fourth-order valence-electron chi connectivity index (χ4n) is 3.68. The number of hydrogen-bond donors (Lipinski definition) is 3. The van der Waals surface area contributed by atoms with Crippen molar-refractivity contribution >= 4 is 33.6 Å². The van der Waals surface area contributed by atoms with E-state index in [2.05, 4.69) is 35.7 Å². The number of aromatic amines is 1. The van der Waals surface area contributed by atoms with Crippen molar-refractivity contribution in [2.45, 2.75) is 19.1 Å². The van der Waals surface area contributed by atoms with Gasteiger partial charge in [-0.3, -0.25) is 10.2 Å². The Bertz CT molecular complexity index is 1590. The Kier molecular flexibility index (Phi) is 5.30. The van der Waals surface area contributed by atoms with Gasteiger partial charge in [0.2, 0.25) is 0 Å². The zero-order valence-electron chi connectivity index (χ0n) is 17.9. The molecule has 178 valence electrons. The second-order valence-electron chi connectivity index (χ2n) is 7.62. The number of rotatable bonds is 5. The molecule has 0 aliphatic carbocycles. The molecule has 1 unspecified atom stereocenters. The number of imidazole rings is 1. The molecule has 1 atom stereocenters. The van der Waals surface area contributed by atoms with Gasteiger partial charge in [0.05, 0.1) is 34.5 Å². The Morgan fingerprint density at radius 2 is 1.83 bits per heavy atom. The first kappa shape index (κ1) is 22.3. The molecule has 0 fully saturated rings. The second kappa shape index (κ2) is 8.34. The van der Waals surface area contributed by atoms with Crippen LogP contribution in [0.25, 0.3) is 22.1 Å². The number of fused-ring (bicyclic) bond motifs is 2. The van der Waals surface area contributed by atoms with Gasteiger partial charge in [0.1, 0.15) is 17.7 Å². The molecule has 3 N–H and O–H groups in total. The van der Waals surface area contributed by atoms with Gasteiger partial charge in [0, 0.05) is 0 Å². The van der Waals surface area contributed by atoms with Crippen LogP contribution >= 0.6 is 0 Å². The van der Waals surface area contributed by atoms with E-state index < -0.39 is 34.5 Å². The fraction of sp³-hybridized carbons (Fsp3) is 0.136. The molecule has 9 nitrogen and oxygen atoms in total. The van der Waals surface area contributed by atoms with Crippen molar-refractivity contribution < 1.29 is 17.6 Å². The molecule has 3 heterocycles. The summed E-state index contributed by atoms with van der Waals surface area (Å²) in [6.45, 7) is 1.66. The van der Waals surface area contributed by atoms with Crippen LogP contribution in [0.1, 0.15) is 24.4 Å². The molecule has 5 aromatic rings. The van der Waals surface area contributed by atoms with E-state index >= 15 is 0 Å². The molecule has 0 aliphatic heterocycles. The van der Waals surface area contributed by atoms with Gasteiger partial charge < -0.3 is 10.3 Å². The number of benzene rings is 2. The van der Waals surface area contributed by atoms with E-state index in [4.69, 9.17) is 0 Å². The number of alkyl halides is 3. The van der Waals surface area contributed by atoms with Crippen LogP contribution in [-0.2, 0) is 6.18 Å². The fourth-order valence-corrected chi connectivity index (χ4v) is 3.68. The van der Waals surface area contributed by atoms with E-state index in [9.17, 15) is 22.4 Å². The standard InChI is InChI=1S/C22H16F4N8O/c1-11(31-19-17-18(28-9-27-17)29-10-30-19)20-32-15-4-2-3-14(22(24,25)26)16(15)21(35)34(20)33-13-7-5-12(23)6-8-13/h2-11,33H,1H3,(H2,27,28,29,30,31). The summed E-state index contributed by atoms with van der Waals surface area (Å²) in [5, 5.41) is 2.50. The summed E-state index contributed by atoms with van der Waals surface area (Å²) in [6, 6.07) is 7.63. The Balaban J connectivity index is 1.68. The van der Waals surface area contributed by atoms with Crippen LogP contribution in [0.4, 0.5) is 29.1 Å². The number of H-pyrrole nitrogens is 1. The molecule has 3 aromatic heterocycles. The van der Waals surface area contributed by atoms with Crippen LogP contribution in [0.2, 0.25) is 0 Å². The molecular formula is C22H16F4N8O. The molecular weight excluding hydrogens is 468 g/mol. The van der Waals surface area contributed by atoms with Crippen molar-refractivity contribution in [2.24, 2.45) is 0 Å². The van der Waals surface area contributed by atoms with E-state index in [0.29, 0.717) is 17.0 Å². The lowest BCUT2D eigenvalue weighted by Gasteiger charge is -2.21. The lowest BCUT2D eigenvalue weighted by molar-refractivity contribution is -0.136. The van der Waals surface area contributed by atoms with Gasteiger partial charge in [-0.25, -0.2) is 29.0 Å². The molecule has 35 heavy (non-hydrogen) atoms. The van der Waals surface area contributed by atoms with Crippen molar-refractivity contribution in [3.8, 4) is 0 Å². The lowest BCUT2D eigenvalue weighted by atomic mass is 10.1. The quantitative estimate of drug-likeness (QED) is 0.319. The molecule has 0 saturated heterocycles. The van der Waals surface area contributed by atoms with Gasteiger partial charge in [-0.1, -0.05) is 6.07 Å². The van der Waals surface area contributed by atoms with Gasteiger partial charge in [0.15, 0.2) is 17.3 Å². The van der Waals surface area contributed by atoms with Crippen LogP contribution in [0.5, 0.6) is 0 Å². The first-order chi connectivity index (χ1) is 16.7. The highest BCUT2D eigenvalue weighted by Gasteiger charge is 2.34. The molecule has 0 amide bonds. The van der Waals surface area contributed by atoms with Crippen LogP contribution in [0.15, 0.2) is 59.9 Å². The third-order valence-corrected chi connectivity index (χ3v) is 5.28. The molecule has 5 rings (SSSR count). The zero-order chi connectivity index (χ0) is 24.7.